The van der Waals surface area contributed by atoms with E-state index in [4.69, 9.17) is 11.6 Å². The highest BCUT2D eigenvalue weighted by molar-refractivity contribution is 7.89. The molecule has 124 valence electrons. The van der Waals surface area contributed by atoms with Crippen molar-refractivity contribution in [3.05, 3.63) is 47.5 Å². The number of piperazine rings is 1. The fourth-order valence-electron chi connectivity index (χ4n) is 2.71. The topological polar surface area (TPSA) is 78.1 Å². The molecule has 1 aromatic carbocycles. The van der Waals surface area contributed by atoms with Crippen LogP contribution in [0.3, 0.4) is 0 Å². The Morgan fingerprint density at radius 1 is 1.30 bits per heavy atom. The highest BCUT2D eigenvalue weighted by Crippen LogP contribution is 2.20. The number of nitrogens with one attached hydrogen (secondary N) is 2. The van der Waals surface area contributed by atoms with Crippen molar-refractivity contribution in [3.63, 3.8) is 0 Å². The summed E-state index contributed by atoms with van der Waals surface area (Å²) in [5.74, 6) is 0. The van der Waals surface area contributed by atoms with Crippen molar-refractivity contribution in [1.82, 2.24) is 19.6 Å². The van der Waals surface area contributed by atoms with Crippen LogP contribution in [0.25, 0.3) is 0 Å². The lowest BCUT2D eigenvalue weighted by atomic mass is 10.1. The number of hydrogen-bond acceptors (Lipinski definition) is 4. The summed E-state index contributed by atoms with van der Waals surface area (Å²) in [6.45, 7) is 1.60. The number of aromatic nitrogens is 2. The van der Waals surface area contributed by atoms with Gasteiger partial charge in [-0.1, -0.05) is 11.6 Å². The molecule has 2 N–H and O–H groups in total. The van der Waals surface area contributed by atoms with Gasteiger partial charge in [0, 0.05) is 42.6 Å². The van der Waals surface area contributed by atoms with E-state index in [2.05, 4.69) is 15.3 Å². The molecule has 8 heteroatoms. The molecule has 0 amide bonds. The normalized spacial score (nSPS) is 19.8. The zero-order chi connectivity index (χ0) is 16.3. The van der Waals surface area contributed by atoms with Crippen molar-refractivity contribution in [2.45, 2.75) is 23.8 Å². The van der Waals surface area contributed by atoms with Crippen LogP contribution in [-0.2, 0) is 16.4 Å². The van der Waals surface area contributed by atoms with Crippen LogP contribution in [0, 0.1) is 0 Å². The molecule has 1 unspecified atom stereocenters. The number of hydrogen-bond donors (Lipinski definition) is 2. The van der Waals surface area contributed by atoms with E-state index in [1.807, 2.05) is 0 Å². The first-order chi connectivity index (χ1) is 11.1. The summed E-state index contributed by atoms with van der Waals surface area (Å²) in [5.41, 5.74) is 1.06. The van der Waals surface area contributed by atoms with E-state index in [1.165, 1.54) is 0 Å². The Bertz CT molecular complexity index is 731. The number of rotatable bonds is 5. The van der Waals surface area contributed by atoms with E-state index < -0.39 is 10.0 Å². The highest BCUT2D eigenvalue weighted by atomic mass is 35.5. The minimum absolute atomic E-state index is 0.133. The van der Waals surface area contributed by atoms with E-state index in [-0.39, 0.29) is 10.9 Å². The van der Waals surface area contributed by atoms with Gasteiger partial charge in [-0.15, -0.1) is 0 Å². The van der Waals surface area contributed by atoms with Gasteiger partial charge < -0.3 is 10.3 Å². The number of aromatic amines is 1. The monoisotopic (exact) mass is 354 g/mol. The second kappa shape index (κ2) is 7.00. The molecule has 0 aliphatic carbocycles. The van der Waals surface area contributed by atoms with Gasteiger partial charge in [0.1, 0.15) is 0 Å². The molecule has 1 aromatic heterocycles. The van der Waals surface area contributed by atoms with E-state index in [9.17, 15) is 8.42 Å². The van der Waals surface area contributed by atoms with Gasteiger partial charge in [0.25, 0.3) is 0 Å². The van der Waals surface area contributed by atoms with E-state index in [0.29, 0.717) is 24.7 Å². The Labute approximate surface area is 140 Å². The Kier molecular flexibility index (Phi) is 5.01. The third-order valence-corrected chi connectivity index (χ3v) is 6.12. The van der Waals surface area contributed by atoms with Gasteiger partial charge in [-0.2, -0.15) is 4.31 Å². The lowest BCUT2D eigenvalue weighted by Crippen LogP contribution is -2.52. The Balaban J connectivity index is 1.66. The number of nitrogens with zero attached hydrogens (tertiary/aromatic N) is 2. The quantitative estimate of drug-likeness (QED) is 0.856. The molecule has 2 heterocycles. The molecule has 0 radical (unpaired) electrons. The third-order valence-electron chi connectivity index (χ3n) is 3.99. The van der Waals surface area contributed by atoms with Gasteiger partial charge in [0.2, 0.25) is 10.0 Å². The number of H-pyrrole nitrogens is 1. The maximum Gasteiger partial charge on any atom is 0.243 e. The fourth-order valence-corrected chi connectivity index (χ4v) is 4.33. The van der Waals surface area contributed by atoms with Crippen LogP contribution >= 0.6 is 11.6 Å². The molecular formula is C15H19ClN4O2S. The van der Waals surface area contributed by atoms with Gasteiger partial charge in [-0.05, 0) is 37.1 Å². The van der Waals surface area contributed by atoms with E-state index in [1.54, 1.807) is 41.1 Å². The average Bonchev–Trinajstić information content (AvgIpc) is 3.07. The number of imidazole rings is 1. The van der Waals surface area contributed by atoms with Crippen molar-refractivity contribution in [2.75, 3.05) is 19.6 Å². The first-order valence-corrected chi connectivity index (χ1v) is 9.34. The van der Waals surface area contributed by atoms with Crippen LogP contribution in [0.15, 0.2) is 41.7 Å². The van der Waals surface area contributed by atoms with Gasteiger partial charge in [-0.25, -0.2) is 13.4 Å². The molecule has 1 fully saturated rings. The maximum atomic E-state index is 12.7. The van der Waals surface area contributed by atoms with Crippen LogP contribution in [0.2, 0.25) is 5.02 Å². The molecular weight excluding hydrogens is 336 g/mol. The number of benzene rings is 1. The van der Waals surface area contributed by atoms with Crippen LogP contribution < -0.4 is 5.32 Å². The second-order valence-electron chi connectivity index (χ2n) is 5.58. The smallest absolute Gasteiger partial charge is 0.243 e. The van der Waals surface area contributed by atoms with Gasteiger partial charge in [0.05, 0.1) is 11.2 Å². The molecule has 6 nitrogen and oxygen atoms in total. The summed E-state index contributed by atoms with van der Waals surface area (Å²) in [7, 11) is -3.47. The predicted molar refractivity (Wildman–Crippen MR) is 88.9 cm³/mol. The van der Waals surface area contributed by atoms with Gasteiger partial charge >= 0.3 is 0 Å². The van der Waals surface area contributed by atoms with Crippen molar-refractivity contribution in [3.8, 4) is 0 Å². The van der Waals surface area contributed by atoms with Crippen molar-refractivity contribution in [2.24, 2.45) is 0 Å². The summed E-state index contributed by atoms with van der Waals surface area (Å²) in [5, 5.41) is 3.91. The third kappa shape index (κ3) is 3.92. The van der Waals surface area contributed by atoms with Crippen molar-refractivity contribution in [1.29, 1.82) is 0 Å². The summed E-state index contributed by atoms with van der Waals surface area (Å²) in [4.78, 5) is 7.35. The maximum absolute atomic E-state index is 12.7. The summed E-state index contributed by atoms with van der Waals surface area (Å²) < 4.78 is 27.0. The summed E-state index contributed by atoms with van der Waals surface area (Å²) in [6.07, 6.45) is 5.15. The van der Waals surface area contributed by atoms with Crippen LogP contribution in [0.5, 0.6) is 0 Å². The van der Waals surface area contributed by atoms with Crippen LogP contribution in [-0.4, -0.2) is 48.4 Å². The molecule has 1 atom stereocenters. The first kappa shape index (κ1) is 16.4. The Morgan fingerprint density at radius 3 is 2.78 bits per heavy atom. The molecule has 1 saturated heterocycles. The van der Waals surface area contributed by atoms with E-state index in [0.717, 1.165) is 18.5 Å². The molecule has 0 bridgehead atoms. The van der Waals surface area contributed by atoms with Gasteiger partial charge in [-0.3, -0.25) is 0 Å². The Morgan fingerprint density at radius 2 is 2.09 bits per heavy atom. The van der Waals surface area contributed by atoms with Gasteiger partial charge in [0.15, 0.2) is 0 Å². The molecule has 23 heavy (non-hydrogen) atoms. The minimum Gasteiger partial charge on any atom is -0.348 e. The molecule has 3 rings (SSSR count). The molecule has 2 aromatic rings. The zero-order valence-electron chi connectivity index (χ0n) is 12.6. The molecule has 1 aliphatic heterocycles. The van der Waals surface area contributed by atoms with Crippen molar-refractivity contribution < 1.29 is 8.42 Å². The molecule has 0 spiro atoms. The minimum atomic E-state index is -3.47. The van der Waals surface area contributed by atoms with E-state index >= 15 is 0 Å². The lowest BCUT2D eigenvalue weighted by molar-refractivity contribution is 0.288. The predicted octanol–water partition coefficient (Wildman–Crippen LogP) is 1.66. The SMILES string of the molecule is O=S(=O)(c1ccc(Cl)cc1)N1CCNC(CCc2cnc[nH]2)C1. The summed E-state index contributed by atoms with van der Waals surface area (Å²) >= 11 is 5.83. The lowest BCUT2D eigenvalue weighted by Gasteiger charge is -2.33. The summed E-state index contributed by atoms with van der Waals surface area (Å²) in [6, 6.07) is 6.45. The average molecular weight is 355 g/mol. The number of aryl methyl sites for hydroxylation is 1. The largest absolute Gasteiger partial charge is 0.348 e. The van der Waals surface area contributed by atoms with Crippen LogP contribution in [0.1, 0.15) is 12.1 Å². The highest BCUT2D eigenvalue weighted by Gasteiger charge is 2.29. The molecule has 0 saturated carbocycles. The zero-order valence-corrected chi connectivity index (χ0v) is 14.1. The standard InChI is InChI=1S/C15H19ClN4O2S/c16-12-1-5-15(6-2-12)23(21,22)20-8-7-18-14(10-20)4-3-13-9-17-11-19-13/h1-2,5-6,9,11,14,18H,3-4,7-8,10H2,(H,17,19). The molecule has 1 aliphatic rings. The number of halogens is 1. The fraction of sp³-hybridized carbons (Fsp3) is 0.400. The van der Waals surface area contributed by atoms with Crippen molar-refractivity contribution >= 4 is 21.6 Å². The van der Waals surface area contributed by atoms with Crippen LogP contribution in [0.4, 0.5) is 0 Å². The number of sulfonamides is 1. The first-order valence-electron chi connectivity index (χ1n) is 7.52. The Hall–Kier alpha value is -1.41. The second-order valence-corrected chi connectivity index (χ2v) is 7.96.